The molecule has 8 rings (SSSR count). The topological polar surface area (TPSA) is 101 Å². The lowest BCUT2D eigenvalue weighted by Crippen LogP contribution is -2.52. The van der Waals surface area contributed by atoms with E-state index in [1.54, 1.807) is 30.3 Å². The number of benzene rings is 3. The van der Waals surface area contributed by atoms with Gasteiger partial charge in [0.2, 0.25) is 5.91 Å². The van der Waals surface area contributed by atoms with Crippen LogP contribution in [0.3, 0.4) is 0 Å². The van der Waals surface area contributed by atoms with Crippen LogP contribution < -0.4 is 5.32 Å². The van der Waals surface area contributed by atoms with E-state index in [0.29, 0.717) is 41.5 Å². The molecule has 3 N–H and O–H groups in total. The van der Waals surface area contributed by atoms with Gasteiger partial charge in [0.15, 0.2) is 9.84 Å². The second-order valence-electron chi connectivity index (χ2n) is 17.4. The summed E-state index contributed by atoms with van der Waals surface area (Å²) < 4.78 is 54.4. The number of halogens is 2. The quantitative estimate of drug-likeness (QED) is 0.138. The van der Waals surface area contributed by atoms with E-state index in [2.05, 4.69) is 65.2 Å². The van der Waals surface area contributed by atoms with E-state index in [9.17, 15) is 22.0 Å². The summed E-state index contributed by atoms with van der Waals surface area (Å²) in [5.74, 6) is 0.182. The van der Waals surface area contributed by atoms with Crippen molar-refractivity contribution < 1.29 is 22.0 Å². The summed E-state index contributed by atoms with van der Waals surface area (Å²) in [6.45, 7) is 14.3. The van der Waals surface area contributed by atoms with Gasteiger partial charge >= 0.3 is 0 Å². The molecule has 0 bridgehead atoms. The Hall–Kier alpha value is -4.06. The summed E-state index contributed by atoms with van der Waals surface area (Å²) >= 11 is 0. The molecule has 8 nitrogen and oxygen atoms in total. The normalized spacial score (nSPS) is 26.1. The van der Waals surface area contributed by atoms with E-state index in [1.807, 2.05) is 26.0 Å². The molecule has 0 spiro atoms. The van der Waals surface area contributed by atoms with E-state index in [0.717, 1.165) is 66.1 Å². The monoisotopic (exact) mass is 783 g/mol. The van der Waals surface area contributed by atoms with Crippen molar-refractivity contribution in [3.05, 3.63) is 94.3 Å². The lowest BCUT2D eigenvalue weighted by atomic mass is 9.71. The SMILES string of the molecule is Cc1c(F)ccc2c([C@H]3CCN(C(C)CC4(CC(C)N5CC[C@H](c6c[nH]c7c(C)c(F)ccc67)C[C@H]5C)C(=O)Nc5ccc(S(C)(=O)=O)cc54)[C@H](C)C3)c[nH]c12. The van der Waals surface area contributed by atoms with E-state index in [-0.39, 0.29) is 46.6 Å². The van der Waals surface area contributed by atoms with E-state index in [4.69, 9.17) is 0 Å². The van der Waals surface area contributed by atoms with Crippen LogP contribution in [-0.2, 0) is 20.0 Å². The highest BCUT2D eigenvalue weighted by Gasteiger charge is 2.51. The van der Waals surface area contributed by atoms with Crippen molar-refractivity contribution in [3.8, 4) is 0 Å². The third kappa shape index (κ3) is 6.57. The summed E-state index contributed by atoms with van der Waals surface area (Å²) in [7, 11) is -3.51. The van der Waals surface area contributed by atoms with Crippen molar-refractivity contribution in [1.29, 1.82) is 0 Å². The van der Waals surface area contributed by atoms with E-state index in [1.165, 1.54) is 17.4 Å². The number of nitrogens with zero attached hydrogens (tertiary/aromatic N) is 2. The number of carbonyl (C=O) groups is 1. The van der Waals surface area contributed by atoms with Crippen LogP contribution in [0.1, 0.15) is 106 Å². The fraction of sp³-hybridized carbons (Fsp3) is 0.489. The number of piperidine rings is 2. The molecule has 0 saturated carbocycles. The summed E-state index contributed by atoms with van der Waals surface area (Å²) in [6, 6.07) is 12.6. The highest BCUT2D eigenvalue weighted by Crippen LogP contribution is 2.48. The van der Waals surface area contributed by atoms with Gasteiger partial charge in [-0.3, -0.25) is 14.6 Å². The second kappa shape index (κ2) is 14.4. The van der Waals surface area contributed by atoms with Crippen molar-refractivity contribution in [2.24, 2.45) is 0 Å². The first kappa shape index (κ1) is 38.8. The molecule has 11 heteroatoms. The first-order valence-electron chi connectivity index (χ1n) is 20.3. The number of amides is 1. The van der Waals surface area contributed by atoms with Crippen molar-refractivity contribution in [1.82, 2.24) is 19.8 Å². The predicted molar refractivity (Wildman–Crippen MR) is 220 cm³/mol. The summed E-state index contributed by atoms with van der Waals surface area (Å²) in [4.78, 5) is 26.5. The number of aromatic nitrogens is 2. The Morgan fingerprint density at radius 2 is 1.27 bits per heavy atom. The Kier molecular flexibility index (Phi) is 9.97. The minimum absolute atomic E-state index is 0.0365. The van der Waals surface area contributed by atoms with Gasteiger partial charge in [-0.1, -0.05) is 0 Å². The maximum Gasteiger partial charge on any atom is 0.235 e. The standard InChI is InChI=1S/C45H55F2N5O3S/c1-25-18-31(36-23-48-42-29(5)39(46)11-9-34(36)42)14-16-51(25)27(3)21-45(38-20-33(56(7,54)55)8-13-41(38)50-44(45)53)22-28(4)52-17-15-32(19-26(52)2)37-24-49-43-30(6)40(47)12-10-35(37)43/h8-13,20,23-28,31-32,48-49H,14-19,21-22H2,1-7H3,(H,50,53)/t25-,26-,27?,28?,31+,32+,45?/m1/s1. The molecule has 0 radical (unpaired) electrons. The van der Waals surface area contributed by atoms with Crippen LogP contribution in [0.15, 0.2) is 59.8 Å². The number of likely N-dealkylation sites (tertiary alicyclic amines) is 2. The smallest absolute Gasteiger partial charge is 0.235 e. The number of aryl methyl sites for hydroxylation is 2. The minimum Gasteiger partial charge on any atom is -0.361 e. The van der Waals surface area contributed by atoms with Gasteiger partial charge in [0, 0.05) is 70.4 Å². The molecule has 3 aliphatic heterocycles. The number of hydrogen-bond acceptors (Lipinski definition) is 5. The second-order valence-corrected chi connectivity index (χ2v) is 19.4. The van der Waals surface area contributed by atoms with Crippen molar-refractivity contribution in [2.45, 2.75) is 126 Å². The molecule has 3 aromatic carbocycles. The van der Waals surface area contributed by atoms with Gasteiger partial charge in [-0.05, 0) is 164 Å². The zero-order valence-electron chi connectivity index (χ0n) is 33.6. The zero-order chi connectivity index (χ0) is 39.8. The molecule has 5 heterocycles. The lowest BCUT2D eigenvalue weighted by Gasteiger charge is -2.46. The minimum atomic E-state index is -3.51. The maximum atomic E-state index is 14.5. The van der Waals surface area contributed by atoms with Gasteiger partial charge in [-0.25, -0.2) is 17.2 Å². The van der Waals surface area contributed by atoms with Crippen molar-refractivity contribution in [2.75, 3.05) is 24.7 Å². The molecule has 2 unspecified atom stereocenters. The molecular weight excluding hydrogens is 729 g/mol. The summed E-state index contributed by atoms with van der Waals surface area (Å²) in [5.41, 5.74) is 6.01. The fourth-order valence-electron chi connectivity index (χ4n) is 11.0. The van der Waals surface area contributed by atoms with Crippen molar-refractivity contribution in [3.63, 3.8) is 0 Å². The third-order valence-electron chi connectivity index (χ3n) is 13.9. The molecule has 1 amide bonds. The Bertz CT molecular complexity index is 2320. The van der Waals surface area contributed by atoms with Crippen LogP contribution >= 0.6 is 0 Å². The first-order chi connectivity index (χ1) is 26.6. The molecule has 6 atom stereocenters. The Labute approximate surface area is 329 Å². The van der Waals surface area contributed by atoms with Gasteiger partial charge < -0.3 is 15.3 Å². The number of H-pyrrole nitrogens is 2. The van der Waals surface area contributed by atoms with Crippen LogP contribution in [-0.4, -0.2) is 77.6 Å². The average Bonchev–Trinajstić information content (AvgIpc) is 3.85. The van der Waals surface area contributed by atoms with Crippen molar-refractivity contribution >= 4 is 43.2 Å². The Morgan fingerprint density at radius 3 is 1.71 bits per heavy atom. The highest BCUT2D eigenvalue weighted by atomic mass is 32.2. The predicted octanol–water partition coefficient (Wildman–Crippen LogP) is 9.23. The molecule has 298 valence electrons. The number of fused-ring (bicyclic) bond motifs is 3. The molecule has 2 aromatic heterocycles. The molecule has 2 saturated heterocycles. The molecule has 5 aromatic rings. The van der Waals surface area contributed by atoms with Gasteiger partial charge in [-0.2, -0.15) is 0 Å². The molecular formula is C45H55F2N5O3S. The maximum absolute atomic E-state index is 14.5. The number of sulfone groups is 1. The van der Waals surface area contributed by atoms with E-state index >= 15 is 0 Å². The third-order valence-corrected chi connectivity index (χ3v) is 15.0. The number of anilines is 1. The fourth-order valence-corrected chi connectivity index (χ4v) is 11.6. The highest BCUT2D eigenvalue weighted by molar-refractivity contribution is 7.90. The zero-order valence-corrected chi connectivity index (χ0v) is 34.4. The number of hydrogen-bond donors (Lipinski definition) is 3. The Morgan fingerprint density at radius 1 is 0.786 bits per heavy atom. The molecule has 0 aliphatic carbocycles. The number of aromatic amines is 2. The lowest BCUT2D eigenvalue weighted by molar-refractivity contribution is -0.122. The first-order valence-corrected chi connectivity index (χ1v) is 22.2. The average molecular weight is 784 g/mol. The molecule has 56 heavy (non-hydrogen) atoms. The Balaban J connectivity index is 1.05. The molecule has 2 fully saturated rings. The summed E-state index contributed by atoms with van der Waals surface area (Å²) in [5, 5.41) is 5.35. The summed E-state index contributed by atoms with van der Waals surface area (Å²) in [6.07, 6.45) is 10.2. The van der Waals surface area contributed by atoms with E-state index < -0.39 is 15.3 Å². The van der Waals surface area contributed by atoms with Crippen LogP contribution in [0, 0.1) is 25.5 Å². The van der Waals surface area contributed by atoms with Gasteiger partial charge in [0.1, 0.15) is 11.6 Å². The molecule has 3 aliphatic rings. The van der Waals surface area contributed by atoms with Crippen LogP contribution in [0.25, 0.3) is 21.8 Å². The van der Waals surface area contributed by atoms with Crippen LogP contribution in [0.2, 0.25) is 0 Å². The number of nitrogens with one attached hydrogen (secondary N) is 3. The van der Waals surface area contributed by atoms with Crippen LogP contribution in [0.5, 0.6) is 0 Å². The van der Waals surface area contributed by atoms with Gasteiger partial charge in [0.05, 0.1) is 21.3 Å². The van der Waals surface area contributed by atoms with Gasteiger partial charge in [-0.15, -0.1) is 0 Å². The van der Waals surface area contributed by atoms with Gasteiger partial charge in [0.25, 0.3) is 0 Å². The number of rotatable bonds is 9. The van der Waals surface area contributed by atoms with Crippen LogP contribution in [0.4, 0.5) is 14.5 Å². The number of carbonyl (C=O) groups excluding carboxylic acids is 1. The largest absolute Gasteiger partial charge is 0.361 e.